The Balaban J connectivity index is 2.13. The van der Waals surface area contributed by atoms with Crippen LogP contribution in [0.4, 0.5) is 5.69 Å². The molecule has 1 atom stereocenters. The number of piperidine rings is 1. The largest absolute Gasteiger partial charge is 0.340 e. The SMILES string of the molecule is CN(CC1CCCCN1)C(=O)c1ccc(Cl)cc1[N+](=O)[O-]. The number of rotatable bonds is 4. The molecule has 1 aromatic rings. The Labute approximate surface area is 128 Å². The molecule has 0 aromatic heterocycles. The van der Waals surface area contributed by atoms with Crippen LogP contribution in [0.1, 0.15) is 29.6 Å². The smallest absolute Gasteiger partial charge is 0.283 e. The van der Waals surface area contributed by atoms with Crippen LogP contribution in [0.15, 0.2) is 18.2 Å². The Morgan fingerprint density at radius 1 is 1.52 bits per heavy atom. The number of nitro benzene ring substituents is 1. The number of halogens is 1. The summed E-state index contributed by atoms with van der Waals surface area (Å²) in [4.78, 5) is 24.4. The summed E-state index contributed by atoms with van der Waals surface area (Å²) in [7, 11) is 1.66. The molecule has 1 aliphatic heterocycles. The first-order chi connectivity index (χ1) is 9.99. The Morgan fingerprint density at radius 2 is 2.29 bits per heavy atom. The van der Waals surface area contributed by atoms with E-state index in [1.807, 2.05) is 0 Å². The molecule has 0 spiro atoms. The van der Waals surface area contributed by atoms with Crippen molar-refractivity contribution < 1.29 is 9.72 Å². The summed E-state index contributed by atoms with van der Waals surface area (Å²) in [5, 5.41) is 14.7. The molecule has 1 saturated heterocycles. The van der Waals surface area contributed by atoms with E-state index < -0.39 is 4.92 Å². The number of carbonyl (C=O) groups excluding carboxylic acids is 1. The van der Waals surface area contributed by atoms with E-state index in [0.29, 0.717) is 6.54 Å². The van der Waals surface area contributed by atoms with Gasteiger partial charge in [0.1, 0.15) is 5.56 Å². The zero-order chi connectivity index (χ0) is 15.4. The molecular formula is C14H18ClN3O3. The van der Waals surface area contributed by atoms with Gasteiger partial charge in [-0.25, -0.2) is 0 Å². The Hall–Kier alpha value is -1.66. The van der Waals surface area contributed by atoms with E-state index in [1.54, 1.807) is 7.05 Å². The maximum atomic E-state index is 12.4. The summed E-state index contributed by atoms with van der Waals surface area (Å²) in [6, 6.07) is 4.36. The number of nitro groups is 1. The monoisotopic (exact) mass is 311 g/mol. The van der Waals surface area contributed by atoms with Crippen LogP contribution in [0, 0.1) is 10.1 Å². The third-order valence-electron chi connectivity index (χ3n) is 3.64. The van der Waals surface area contributed by atoms with Crippen LogP contribution < -0.4 is 5.32 Å². The van der Waals surface area contributed by atoms with E-state index in [9.17, 15) is 14.9 Å². The number of carbonyl (C=O) groups is 1. The van der Waals surface area contributed by atoms with Crippen molar-refractivity contribution in [1.29, 1.82) is 0 Å². The summed E-state index contributed by atoms with van der Waals surface area (Å²) in [6.07, 6.45) is 3.30. The van der Waals surface area contributed by atoms with Gasteiger partial charge >= 0.3 is 0 Å². The van der Waals surface area contributed by atoms with Gasteiger partial charge in [-0.15, -0.1) is 0 Å². The zero-order valence-electron chi connectivity index (χ0n) is 11.8. The van der Waals surface area contributed by atoms with E-state index in [2.05, 4.69) is 5.32 Å². The fraction of sp³-hybridized carbons (Fsp3) is 0.500. The van der Waals surface area contributed by atoms with Gasteiger partial charge in [-0.1, -0.05) is 18.0 Å². The van der Waals surface area contributed by atoms with Crippen LogP contribution in [-0.4, -0.2) is 41.9 Å². The number of likely N-dealkylation sites (N-methyl/N-ethyl adjacent to an activating group) is 1. The topological polar surface area (TPSA) is 75.5 Å². The molecule has 1 amide bonds. The van der Waals surface area contributed by atoms with Crippen molar-refractivity contribution in [3.05, 3.63) is 38.9 Å². The number of hydrogen-bond donors (Lipinski definition) is 1. The molecule has 0 bridgehead atoms. The van der Waals surface area contributed by atoms with Crippen molar-refractivity contribution in [1.82, 2.24) is 10.2 Å². The summed E-state index contributed by atoms with van der Waals surface area (Å²) >= 11 is 5.76. The van der Waals surface area contributed by atoms with Crippen molar-refractivity contribution in [2.45, 2.75) is 25.3 Å². The van der Waals surface area contributed by atoms with Gasteiger partial charge in [0.05, 0.1) is 4.92 Å². The second kappa shape index (κ2) is 6.87. The third kappa shape index (κ3) is 3.92. The number of benzene rings is 1. The Bertz CT molecular complexity index is 544. The van der Waals surface area contributed by atoms with Crippen LogP contribution in [0.25, 0.3) is 0 Å². The van der Waals surface area contributed by atoms with Crippen LogP contribution in [-0.2, 0) is 0 Å². The highest BCUT2D eigenvalue weighted by molar-refractivity contribution is 6.31. The van der Waals surface area contributed by atoms with Gasteiger partial charge in [-0.05, 0) is 31.5 Å². The summed E-state index contributed by atoms with van der Waals surface area (Å²) in [5.74, 6) is -0.356. The zero-order valence-corrected chi connectivity index (χ0v) is 12.6. The molecule has 6 nitrogen and oxygen atoms in total. The summed E-state index contributed by atoms with van der Waals surface area (Å²) in [5.41, 5.74) is -0.182. The van der Waals surface area contributed by atoms with Crippen molar-refractivity contribution in [2.75, 3.05) is 20.1 Å². The standard InChI is InChI=1S/C14H18ClN3O3/c1-17(9-11-4-2-3-7-16-11)14(19)12-6-5-10(15)8-13(12)18(20)21/h5-6,8,11,16H,2-4,7,9H2,1H3. The lowest BCUT2D eigenvalue weighted by atomic mass is 10.0. The number of nitrogens with zero attached hydrogens (tertiary/aromatic N) is 2. The van der Waals surface area contributed by atoms with Crippen molar-refractivity contribution >= 4 is 23.2 Å². The second-order valence-electron chi connectivity index (χ2n) is 5.25. The number of hydrogen-bond acceptors (Lipinski definition) is 4. The van der Waals surface area contributed by atoms with Crippen LogP contribution in [0.5, 0.6) is 0 Å². The molecule has 1 fully saturated rings. The molecule has 0 aliphatic carbocycles. The minimum atomic E-state index is -0.578. The minimum Gasteiger partial charge on any atom is -0.340 e. The van der Waals surface area contributed by atoms with E-state index in [-0.39, 0.29) is 28.2 Å². The van der Waals surface area contributed by atoms with E-state index >= 15 is 0 Å². The first-order valence-corrected chi connectivity index (χ1v) is 7.29. The highest BCUT2D eigenvalue weighted by Crippen LogP contribution is 2.24. The van der Waals surface area contributed by atoms with E-state index in [1.165, 1.54) is 23.1 Å². The maximum absolute atomic E-state index is 12.4. The molecule has 1 heterocycles. The van der Waals surface area contributed by atoms with Crippen LogP contribution in [0.3, 0.4) is 0 Å². The van der Waals surface area contributed by atoms with E-state index in [4.69, 9.17) is 11.6 Å². The van der Waals surface area contributed by atoms with Gasteiger partial charge in [0.15, 0.2) is 0 Å². The fourth-order valence-corrected chi connectivity index (χ4v) is 2.70. The maximum Gasteiger partial charge on any atom is 0.283 e. The Morgan fingerprint density at radius 3 is 2.90 bits per heavy atom. The molecule has 0 saturated carbocycles. The van der Waals surface area contributed by atoms with Gasteiger partial charge < -0.3 is 10.2 Å². The molecule has 1 aromatic carbocycles. The summed E-state index contributed by atoms with van der Waals surface area (Å²) < 4.78 is 0. The molecule has 7 heteroatoms. The van der Waals surface area contributed by atoms with Gasteiger partial charge in [-0.2, -0.15) is 0 Å². The lowest BCUT2D eigenvalue weighted by molar-refractivity contribution is -0.385. The average molecular weight is 312 g/mol. The van der Waals surface area contributed by atoms with Crippen molar-refractivity contribution in [3.63, 3.8) is 0 Å². The van der Waals surface area contributed by atoms with Gasteiger partial charge in [0, 0.05) is 30.7 Å². The van der Waals surface area contributed by atoms with Gasteiger partial charge in [0.2, 0.25) is 0 Å². The molecule has 1 N–H and O–H groups in total. The molecular weight excluding hydrogens is 294 g/mol. The molecule has 1 unspecified atom stereocenters. The minimum absolute atomic E-state index is 0.0720. The first-order valence-electron chi connectivity index (χ1n) is 6.92. The lowest BCUT2D eigenvalue weighted by Gasteiger charge is -2.28. The lowest BCUT2D eigenvalue weighted by Crippen LogP contribution is -2.44. The normalized spacial score (nSPS) is 18.3. The highest BCUT2D eigenvalue weighted by atomic mass is 35.5. The molecule has 21 heavy (non-hydrogen) atoms. The Kier molecular flexibility index (Phi) is 5.14. The molecule has 2 rings (SSSR count). The first kappa shape index (κ1) is 15.7. The number of amides is 1. The predicted octanol–water partition coefficient (Wildman–Crippen LogP) is 2.46. The predicted molar refractivity (Wildman–Crippen MR) is 80.7 cm³/mol. The third-order valence-corrected chi connectivity index (χ3v) is 3.88. The molecule has 1 aliphatic rings. The van der Waals surface area contributed by atoms with Crippen LogP contribution >= 0.6 is 11.6 Å². The highest BCUT2D eigenvalue weighted by Gasteiger charge is 2.25. The average Bonchev–Trinajstić information content (AvgIpc) is 2.47. The quantitative estimate of drug-likeness (QED) is 0.684. The fourth-order valence-electron chi connectivity index (χ4n) is 2.54. The second-order valence-corrected chi connectivity index (χ2v) is 5.69. The molecule has 0 radical (unpaired) electrons. The van der Waals surface area contributed by atoms with Crippen molar-refractivity contribution in [3.8, 4) is 0 Å². The summed E-state index contributed by atoms with van der Waals surface area (Å²) in [6.45, 7) is 1.49. The van der Waals surface area contributed by atoms with Crippen molar-refractivity contribution in [2.24, 2.45) is 0 Å². The molecule has 114 valence electrons. The number of nitrogens with one attached hydrogen (secondary N) is 1. The van der Waals surface area contributed by atoms with Gasteiger partial charge in [0.25, 0.3) is 11.6 Å². The van der Waals surface area contributed by atoms with Gasteiger partial charge in [-0.3, -0.25) is 14.9 Å². The van der Waals surface area contributed by atoms with Crippen LogP contribution in [0.2, 0.25) is 5.02 Å². The van der Waals surface area contributed by atoms with E-state index in [0.717, 1.165) is 25.8 Å².